The Bertz CT molecular complexity index is 1400. The number of hydrogen-bond donors (Lipinski definition) is 1. The van der Waals surface area contributed by atoms with E-state index in [0.717, 1.165) is 25.2 Å². The van der Waals surface area contributed by atoms with Crippen LogP contribution in [0.15, 0.2) is 36.8 Å². The van der Waals surface area contributed by atoms with Crippen LogP contribution in [0.2, 0.25) is 0 Å². The molecule has 10 heteroatoms. The van der Waals surface area contributed by atoms with Crippen LogP contribution in [-0.2, 0) is 16.2 Å². The molecule has 0 spiro atoms. The second-order valence-electron chi connectivity index (χ2n) is 8.90. The molecule has 0 aromatic carbocycles. The fraction of sp³-hybridized carbons (Fsp3) is 0.375. The fourth-order valence-corrected chi connectivity index (χ4v) is 4.44. The molecule has 0 unspecified atom stereocenters. The quantitative estimate of drug-likeness (QED) is 0.487. The van der Waals surface area contributed by atoms with E-state index in [4.69, 9.17) is 4.74 Å². The van der Waals surface area contributed by atoms with Crippen LogP contribution in [0.5, 0.6) is 0 Å². The maximum atomic E-state index is 13.6. The Morgan fingerprint density at radius 1 is 1.21 bits per heavy atom. The van der Waals surface area contributed by atoms with Crippen LogP contribution in [0.25, 0.3) is 27.8 Å². The molecule has 5 heterocycles. The van der Waals surface area contributed by atoms with Gasteiger partial charge in [-0.25, -0.2) is 18.9 Å². The molecule has 1 N–H and O–H groups in total. The summed E-state index contributed by atoms with van der Waals surface area (Å²) in [5, 5.41) is 8.85. The van der Waals surface area contributed by atoms with E-state index >= 15 is 0 Å². The lowest BCUT2D eigenvalue weighted by atomic mass is 10.1. The van der Waals surface area contributed by atoms with Gasteiger partial charge in [0.05, 0.1) is 30.8 Å². The van der Waals surface area contributed by atoms with Gasteiger partial charge in [-0.05, 0) is 30.5 Å². The summed E-state index contributed by atoms with van der Waals surface area (Å²) in [7, 11) is 0. The number of pyridine rings is 3. The first-order valence-electron chi connectivity index (χ1n) is 11.4. The number of morpholine rings is 1. The number of fused-ring (bicyclic) bond motifs is 2. The predicted octanol–water partition coefficient (Wildman–Crippen LogP) is 3.24. The van der Waals surface area contributed by atoms with Gasteiger partial charge in [0.15, 0.2) is 11.5 Å². The van der Waals surface area contributed by atoms with Crippen LogP contribution in [0.3, 0.4) is 0 Å². The zero-order valence-corrected chi connectivity index (χ0v) is 18.7. The van der Waals surface area contributed by atoms with E-state index in [1.54, 1.807) is 23.0 Å². The van der Waals surface area contributed by atoms with Crippen molar-refractivity contribution in [3.05, 3.63) is 42.5 Å². The summed E-state index contributed by atoms with van der Waals surface area (Å²) in [5.74, 6) is 1.27. The molecule has 1 saturated carbocycles. The van der Waals surface area contributed by atoms with Crippen molar-refractivity contribution in [1.82, 2.24) is 24.6 Å². The van der Waals surface area contributed by atoms with Crippen molar-refractivity contribution in [2.45, 2.75) is 20.0 Å². The molecule has 9 nitrogen and oxygen atoms in total. The van der Waals surface area contributed by atoms with Crippen LogP contribution in [0.1, 0.15) is 19.0 Å². The molecule has 1 amide bonds. The van der Waals surface area contributed by atoms with Gasteiger partial charge in [-0.1, -0.05) is 6.92 Å². The minimum Gasteiger partial charge on any atom is -0.378 e. The average molecular weight is 462 g/mol. The van der Waals surface area contributed by atoms with Gasteiger partial charge in [-0.2, -0.15) is 0 Å². The maximum absolute atomic E-state index is 13.6. The van der Waals surface area contributed by atoms with Crippen molar-refractivity contribution in [1.29, 1.82) is 0 Å². The summed E-state index contributed by atoms with van der Waals surface area (Å²) in [5.41, 5.74) is 2.69. The van der Waals surface area contributed by atoms with Crippen molar-refractivity contribution in [2.75, 3.05) is 36.5 Å². The second-order valence-corrected chi connectivity index (χ2v) is 8.90. The molecule has 1 saturated heterocycles. The molecule has 0 radical (unpaired) electrons. The Balaban J connectivity index is 1.40. The Labute approximate surface area is 195 Å². The van der Waals surface area contributed by atoms with Gasteiger partial charge in [0, 0.05) is 47.7 Å². The minimum absolute atomic E-state index is 0.0246. The molecule has 2 aliphatic rings. The van der Waals surface area contributed by atoms with Gasteiger partial charge in [0.1, 0.15) is 12.5 Å². The number of halogens is 1. The molecule has 2 fully saturated rings. The van der Waals surface area contributed by atoms with Gasteiger partial charge in [0.25, 0.3) is 0 Å². The highest BCUT2D eigenvalue weighted by atomic mass is 19.1. The topological polar surface area (TPSA) is 97.5 Å². The highest BCUT2D eigenvalue weighted by molar-refractivity contribution is 6.00. The van der Waals surface area contributed by atoms with Gasteiger partial charge in [-0.15, -0.1) is 5.10 Å². The zero-order valence-electron chi connectivity index (χ0n) is 18.7. The van der Waals surface area contributed by atoms with Crippen molar-refractivity contribution in [2.24, 2.45) is 11.8 Å². The lowest BCUT2D eigenvalue weighted by Gasteiger charge is -2.28. The number of alkyl halides is 1. The van der Waals surface area contributed by atoms with E-state index < -0.39 is 6.67 Å². The van der Waals surface area contributed by atoms with Gasteiger partial charge >= 0.3 is 0 Å². The summed E-state index contributed by atoms with van der Waals surface area (Å²) in [6.45, 7) is 4.39. The lowest BCUT2D eigenvalue weighted by molar-refractivity contribution is -0.117. The minimum atomic E-state index is -0.717. The van der Waals surface area contributed by atoms with Gasteiger partial charge in [-0.3, -0.25) is 9.78 Å². The number of hydrogen-bond acceptors (Lipinski definition) is 7. The number of anilines is 2. The maximum Gasteiger partial charge on any atom is 0.228 e. The van der Waals surface area contributed by atoms with E-state index in [1.807, 2.05) is 18.3 Å². The lowest BCUT2D eigenvalue weighted by Crippen LogP contribution is -2.36. The SMILES string of the molecule is C[C@@H]1C[C@@H]1C(=O)Nc1cc2c(-c3nc4ccc(N5CCOCC5)cn4n3)cnc(CF)c2cn1. The number of rotatable bonds is 5. The molecular weight excluding hydrogens is 437 g/mol. The summed E-state index contributed by atoms with van der Waals surface area (Å²) < 4.78 is 20.8. The van der Waals surface area contributed by atoms with E-state index in [9.17, 15) is 9.18 Å². The van der Waals surface area contributed by atoms with Gasteiger partial charge < -0.3 is 15.0 Å². The number of amides is 1. The number of ether oxygens (including phenoxy) is 1. The van der Waals surface area contributed by atoms with E-state index in [2.05, 4.69) is 37.2 Å². The number of carbonyl (C=O) groups is 1. The van der Waals surface area contributed by atoms with Crippen LogP contribution in [0.4, 0.5) is 15.9 Å². The highest BCUT2D eigenvalue weighted by Crippen LogP contribution is 2.38. The molecule has 2 atom stereocenters. The van der Waals surface area contributed by atoms with E-state index in [1.165, 1.54) is 0 Å². The van der Waals surface area contributed by atoms with Crippen molar-refractivity contribution >= 4 is 33.8 Å². The molecule has 6 rings (SSSR count). The van der Waals surface area contributed by atoms with Crippen LogP contribution in [0, 0.1) is 11.8 Å². The van der Waals surface area contributed by atoms with E-state index in [-0.39, 0.29) is 11.8 Å². The summed E-state index contributed by atoms with van der Waals surface area (Å²) >= 11 is 0. The van der Waals surface area contributed by atoms with Crippen LogP contribution < -0.4 is 10.2 Å². The van der Waals surface area contributed by atoms with Crippen LogP contribution in [-0.4, -0.2) is 56.8 Å². The first-order chi connectivity index (χ1) is 16.6. The number of carbonyl (C=O) groups excluding carboxylic acids is 1. The van der Waals surface area contributed by atoms with Crippen molar-refractivity contribution in [3.63, 3.8) is 0 Å². The second kappa shape index (κ2) is 8.28. The molecule has 4 aromatic heterocycles. The first-order valence-corrected chi connectivity index (χ1v) is 11.4. The highest BCUT2D eigenvalue weighted by Gasteiger charge is 2.39. The number of nitrogens with one attached hydrogen (secondary N) is 1. The third-order valence-electron chi connectivity index (χ3n) is 6.61. The molecule has 34 heavy (non-hydrogen) atoms. The first kappa shape index (κ1) is 20.9. The smallest absolute Gasteiger partial charge is 0.228 e. The summed E-state index contributed by atoms with van der Waals surface area (Å²) in [6.07, 6.45) is 5.98. The third kappa shape index (κ3) is 3.73. The largest absolute Gasteiger partial charge is 0.378 e. The Morgan fingerprint density at radius 3 is 2.79 bits per heavy atom. The zero-order chi connectivity index (χ0) is 23.2. The van der Waals surface area contributed by atoms with Crippen molar-refractivity contribution in [3.8, 4) is 11.4 Å². The number of aromatic nitrogens is 5. The number of nitrogens with zero attached hydrogens (tertiary/aromatic N) is 6. The van der Waals surface area contributed by atoms with Crippen LogP contribution >= 0.6 is 0 Å². The predicted molar refractivity (Wildman–Crippen MR) is 125 cm³/mol. The summed E-state index contributed by atoms with van der Waals surface area (Å²) in [4.78, 5) is 28.0. The van der Waals surface area contributed by atoms with E-state index in [0.29, 0.717) is 58.5 Å². The monoisotopic (exact) mass is 461 g/mol. The molecule has 0 bridgehead atoms. The Hall–Kier alpha value is -3.66. The molecule has 174 valence electrons. The normalized spacial score (nSPS) is 20.1. The molecule has 1 aliphatic carbocycles. The fourth-order valence-electron chi connectivity index (χ4n) is 4.44. The Morgan fingerprint density at radius 2 is 2.03 bits per heavy atom. The van der Waals surface area contributed by atoms with Gasteiger partial charge in [0.2, 0.25) is 5.91 Å². The molecule has 4 aromatic rings. The molecular formula is C24H24FN7O2. The Kier molecular flexibility index (Phi) is 5.09. The summed E-state index contributed by atoms with van der Waals surface area (Å²) in [6, 6.07) is 5.70. The average Bonchev–Trinajstić information content (AvgIpc) is 3.45. The standard InChI is InChI=1S/C24H24FN7O2/c1-14-8-16(14)24(33)28-21-9-17-18(11-27-21)20(10-25)26-12-19(17)23-29-22-3-2-15(13-32(22)30-23)31-4-6-34-7-5-31/h2-3,9,11-14,16H,4-8,10H2,1H3,(H,27,28,33)/t14-,16+/m1/s1. The third-order valence-corrected chi connectivity index (χ3v) is 6.61. The molecule has 1 aliphatic heterocycles. The van der Waals surface area contributed by atoms with Crippen molar-refractivity contribution < 1.29 is 13.9 Å².